The molecule has 1 atom stereocenters. The van der Waals surface area contributed by atoms with Gasteiger partial charge in [0.15, 0.2) is 0 Å². The maximum atomic E-state index is 11.5. The van der Waals surface area contributed by atoms with E-state index in [1.165, 1.54) is 0 Å². The van der Waals surface area contributed by atoms with Crippen molar-refractivity contribution in [1.29, 1.82) is 0 Å². The molecule has 0 amide bonds. The number of benzene rings is 1. The van der Waals surface area contributed by atoms with E-state index >= 15 is 0 Å². The molecule has 20 heavy (non-hydrogen) atoms. The number of hydrogen-bond acceptors (Lipinski definition) is 5. The van der Waals surface area contributed by atoms with E-state index in [0.717, 1.165) is 15.8 Å². The zero-order valence-electron chi connectivity index (χ0n) is 11.7. The summed E-state index contributed by atoms with van der Waals surface area (Å²) in [6, 6.07) is 5.52. The molecule has 1 aromatic rings. The van der Waals surface area contributed by atoms with E-state index < -0.39 is 9.84 Å². The summed E-state index contributed by atoms with van der Waals surface area (Å²) < 4.78 is 29.2. The number of methoxy groups -OCH3 is 1. The summed E-state index contributed by atoms with van der Waals surface area (Å²) in [7, 11) is -1.34. The quantitative estimate of drug-likeness (QED) is 0.545. The maximum Gasteiger partial charge on any atom is 0.150 e. The minimum absolute atomic E-state index is 0.144. The molecule has 5 nitrogen and oxygen atoms in total. The van der Waals surface area contributed by atoms with Crippen LogP contribution in [-0.2, 0) is 9.84 Å². The molecule has 0 fully saturated rings. The largest absolute Gasteiger partial charge is 0.496 e. The molecule has 1 unspecified atom stereocenters. The summed E-state index contributed by atoms with van der Waals surface area (Å²) in [6.45, 7) is 1.66. The van der Waals surface area contributed by atoms with Crippen molar-refractivity contribution < 1.29 is 13.2 Å². The van der Waals surface area contributed by atoms with Gasteiger partial charge < -0.3 is 4.74 Å². The first kappa shape index (κ1) is 17.4. The Bertz CT molecular complexity index is 534. The van der Waals surface area contributed by atoms with E-state index in [4.69, 9.17) is 10.6 Å². The van der Waals surface area contributed by atoms with Crippen molar-refractivity contribution >= 4 is 25.8 Å². The lowest BCUT2D eigenvalue weighted by atomic mass is 10.0. The van der Waals surface area contributed by atoms with Crippen LogP contribution in [0.2, 0.25) is 0 Å². The van der Waals surface area contributed by atoms with Crippen LogP contribution in [0.25, 0.3) is 0 Å². The summed E-state index contributed by atoms with van der Waals surface area (Å²) in [5.74, 6) is 6.67. The highest BCUT2D eigenvalue weighted by Crippen LogP contribution is 2.30. The highest BCUT2D eigenvalue weighted by Gasteiger charge is 2.16. The van der Waals surface area contributed by atoms with Crippen LogP contribution in [-0.4, -0.2) is 27.0 Å². The Morgan fingerprint density at radius 1 is 1.45 bits per heavy atom. The van der Waals surface area contributed by atoms with E-state index in [1.807, 2.05) is 18.2 Å². The first-order chi connectivity index (χ1) is 9.43. The second-order valence-corrected chi connectivity index (χ2v) is 7.87. The van der Waals surface area contributed by atoms with Gasteiger partial charge in [0.1, 0.15) is 15.6 Å². The Morgan fingerprint density at radius 2 is 2.15 bits per heavy atom. The predicted molar refractivity (Wildman–Crippen MR) is 84.3 cm³/mol. The molecule has 0 bridgehead atoms. The summed E-state index contributed by atoms with van der Waals surface area (Å²) in [5, 5.41) is 0. The van der Waals surface area contributed by atoms with E-state index in [-0.39, 0.29) is 17.5 Å². The third-order valence-electron chi connectivity index (χ3n) is 3.16. The van der Waals surface area contributed by atoms with Crippen molar-refractivity contribution in [3.05, 3.63) is 28.2 Å². The number of halogens is 1. The van der Waals surface area contributed by atoms with Crippen LogP contribution in [0.4, 0.5) is 0 Å². The molecule has 0 radical (unpaired) electrons. The molecule has 114 valence electrons. The predicted octanol–water partition coefficient (Wildman–Crippen LogP) is 2.18. The number of nitrogens with two attached hydrogens (primary N) is 1. The molecule has 7 heteroatoms. The molecular formula is C13H21BrN2O3S. The molecule has 0 saturated heterocycles. The lowest BCUT2D eigenvalue weighted by molar-refractivity contribution is 0.395. The van der Waals surface area contributed by atoms with Crippen molar-refractivity contribution in [1.82, 2.24) is 5.43 Å². The van der Waals surface area contributed by atoms with Crippen LogP contribution >= 0.6 is 15.9 Å². The summed E-state index contributed by atoms with van der Waals surface area (Å²) in [6.07, 6.45) is 1.18. The number of sulfone groups is 1. The zero-order valence-corrected chi connectivity index (χ0v) is 14.1. The fourth-order valence-electron chi connectivity index (χ4n) is 1.96. The van der Waals surface area contributed by atoms with Crippen LogP contribution in [0.3, 0.4) is 0 Å². The van der Waals surface area contributed by atoms with Crippen molar-refractivity contribution in [2.24, 2.45) is 5.84 Å². The standard InChI is InChI=1S/C13H21BrN2O3S/c1-3-20(17,18)8-4-5-12(16-15)11-9-10(14)6-7-13(11)19-2/h6-7,9,12,16H,3-5,8,15H2,1-2H3. The number of nitrogens with one attached hydrogen (secondary N) is 1. The van der Waals surface area contributed by atoms with Crippen LogP contribution in [0.15, 0.2) is 22.7 Å². The Hall–Kier alpha value is -0.630. The van der Waals surface area contributed by atoms with Gasteiger partial charge in [0.25, 0.3) is 0 Å². The number of ether oxygens (including phenoxy) is 1. The molecule has 0 heterocycles. The van der Waals surface area contributed by atoms with Crippen molar-refractivity contribution in [2.45, 2.75) is 25.8 Å². The molecule has 1 rings (SSSR count). The van der Waals surface area contributed by atoms with Crippen LogP contribution < -0.4 is 16.0 Å². The van der Waals surface area contributed by atoms with Gasteiger partial charge in [-0.15, -0.1) is 0 Å². The fourth-order valence-corrected chi connectivity index (χ4v) is 3.23. The van der Waals surface area contributed by atoms with Crippen LogP contribution in [0.5, 0.6) is 5.75 Å². The van der Waals surface area contributed by atoms with Crippen LogP contribution in [0, 0.1) is 0 Å². The molecule has 0 aliphatic heterocycles. The lowest BCUT2D eigenvalue weighted by Crippen LogP contribution is -2.29. The third-order valence-corrected chi connectivity index (χ3v) is 5.44. The summed E-state index contributed by atoms with van der Waals surface area (Å²) in [4.78, 5) is 0. The Kier molecular flexibility index (Phi) is 6.94. The molecule has 0 aliphatic carbocycles. The molecule has 0 spiro atoms. The molecule has 1 aromatic carbocycles. The van der Waals surface area contributed by atoms with E-state index in [0.29, 0.717) is 12.8 Å². The fraction of sp³-hybridized carbons (Fsp3) is 0.538. The first-order valence-corrected chi connectivity index (χ1v) is 9.05. The van der Waals surface area contributed by atoms with Gasteiger partial charge in [-0.1, -0.05) is 22.9 Å². The Balaban J connectivity index is 2.78. The smallest absolute Gasteiger partial charge is 0.150 e. The second-order valence-electron chi connectivity index (χ2n) is 4.48. The van der Waals surface area contributed by atoms with Crippen LogP contribution in [0.1, 0.15) is 31.4 Å². The molecule has 0 aliphatic rings. The molecular weight excluding hydrogens is 344 g/mol. The number of rotatable bonds is 8. The van der Waals surface area contributed by atoms with Gasteiger partial charge in [-0.25, -0.2) is 8.42 Å². The molecule has 0 aromatic heterocycles. The Labute approximate surface area is 128 Å². The number of hydrogen-bond donors (Lipinski definition) is 2. The van der Waals surface area contributed by atoms with Crippen molar-refractivity contribution in [2.75, 3.05) is 18.6 Å². The lowest BCUT2D eigenvalue weighted by Gasteiger charge is -2.19. The Morgan fingerprint density at radius 3 is 2.70 bits per heavy atom. The normalized spacial score (nSPS) is 13.2. The van der Waals surface area contributed by atoms with Gasteiger partial charge in [-0.2, -0.15) is 0 Å². The molecule has 3 N–H and O–H groups in total. The average Bonchev–Trinajstić information content (AvgIpc) is 2.43. The van der Waals surface area contributed by atoms with Gasteiger partial charge in [-0.05, 0) is 31.0 Å². The topological polar surface area (TPSA) is 81.4 Å². The van der Waals surface area contributed by atoms with Gasteiger partial charge >= 0.3 is 0 Å². The third kappa shape index (κ3) is 5.05. The van der Waals surface area contributed by atoms with Crippen molar-refractivity contribution in [3.8, 4) is 5.75 Å². The average molecular weight is 365 g/mol. The van der Waals surface area contributed by atoms with E-state index in [1.54, 1.807) is 14.0 Å². The maximum absolute atomic E-state index is 11.5. The highest BCUT2D eigenvalue weighted by molar-refractivity contribution is 9.10. The van der Waals surface area contributed by atoms with Gasteiger partial charge in [-0.3, -0.25) is 11.3 Å². The van der Waals surface area contributed by atoms with E-state index in [2.05, 4.69) is 21.4 Å². The van der Waals surface area contributed by atoms with Crippen molar-refractivity contribution in [3.63, 3.8) is 0 Å². The number of hydrazine groups is 1. The second kappa shape index (κ2) is 7.97. The minimum atomic E-state index is -2.94. The molecule has 0 saturated carbocycles. The van der Waals surface area contributed by atoms with Gasteiger partial charge in [0, 0.05) is 21.8 Å². The highest BCUT2D eigenvalue weighted by atomic mass is 79.9. The van der Waals surface area contributed by atoms with E-state index in [9.17, 15) is 8.42 Å². The minimum Gasteiger partial charge on any atom is -0.496 e. The van der Waals surface area contributed by atoms with Gasteiger partial charge in [0.05, 0.1) is 12.9 Å². The van der Waals surface area contributed by atoms with Gasteiger partial charge in [0.2, 0.25) is 0 Å². The summed E-state index contributed by atoms with van der Waals surface area (Å²) >= 11 is 3.41. The first-order valence-electron chi connectivity index (χ1n) is 6.43. The zero-order chi connectivity index (χ0) is 15.2. The summed E-state index contributed by atoms with van der Waals surface area (Å²) in [5.41, 5.74) is 3.64. The SMILES string of the molecule is CCS(=O)(=O)CCCC(NN)c1cc(Br)ccc1OC. The monoisotopic (exact) mass is 364 g/mol.